The Bertz CT molecular complexity index is 756. The predicted molar refractivity (Wildman–Crippen MR) is 102 cm³/mol. The maximum absolute atomic E-state index is 11.8. The molecule has 0 aliphatic carbocycles. The van der Waals surface area contributed by atoms with Crippen molar-refractivity contribution >= 4 is 35.7 Å². The topological polar surface area (TPSA) is 210 Å². The summed E-state index contributed by atoms with van der Waals surface area (Å²) >= 11 is 0. The van der Waals surface area contributed by atoms with E-state index >= 15 is 0 Å². The van der Waals surface area contributed by atoms with Crippen LogP contribution in [0.3, 0.4) is 0 Å². The van der Waals surface area contributed by atoms with Crippen LogP contribution in [0.15, 0.2) is 0 Å². The monoisotopic (exact) mass is 461 g/mol. The molecule has 0 aromatic rings. The summed E-state index contributed by atoms with van der Waals surface area (Å²) in [5, 5.41) is 14.4. The fraction of sp³-hybridized carbons (Fsp3) is 0.667. The molecule has 1 saturated heterocycles. The highest BCUT2D eigenvalue weighted by Gasteiger charge is 2.51. The second-order valence-electron chi connectivity index (χ2n) is 7.00. The van der Waals surface area contributed by atoms with E-state index in [4.69, 9.17) is 24.7 Å². The molecular weight excluding hydrogens is 434 g/mol. The van der Waals surface area contributed by atoms with E-state index in [0.717, 1.165) is 27.7 Å². The summed E-state index contributed by atoms with van der Waals surface area (Å²) in [6.07, 6.45) is -5.92. The van der Waals surface area contributed by atoms with Crippen molar-refractivity contribution in [3.63, 3.8) is 0 Å². The molecule has 14 heteroatoms. The zero-order valence-corrected chi connectivity index (χ0v) is 18.0. The van der Waals surface area contributed by atoms with Crippen LogP contribution in [0.4, 0.5) is 0 Å². The first-order valence-corrected chi connectivity index (χ1v) is 9.49. The summed E-state index contributed by atoms with van der Waals surface area (Å²) in [4.78, 5) is 69.3. The summed E-state index contributed by atoms with van der Waals surface area (Å²) in [5.41, 5.74) is 5.09. The second-order valence-corrected chi connectivity index (χ2v) is 7.00. The number of carboxylic acids is 1. The Kier molecular flexibility index (Phi) is 10.00. The molecule has 1 rings (SSSR count). The molecule has 0 radical (unpaired) electrons. The average Bonchev–Trinajstić information content (AvgIpc) is 2.62. The molecule has 32 heavy (non-hydrogen) atoms. The number of esters is 3. The van der Waals surface area contributed by atoms with Crippen LogP contribution >= 0.6 is 0 Å². The molecule has 1 heterocycles. The third-order valence-electron chi connectivity index (χ3n) is 4.19. The van der Waals surface area contributed by atoms with E-state index in [2.05, 4.69) is 10.6 Å². The van der Waals surface area contributed by atoms with Crippen molar-refractivity contribution in [2.45, 2.75) is 70.7 Å². The molecule has 5 N–H and O–H groups in total. The highest BCUT2D eigenvalue weighted by Crippen LogP contribution is 2.27. The largest absolute Gasteiger partial charge is 0.480 e. The minimum Gasteiger partial charge on any atom is -0.480 e. The Morgan fingerprint density at radius 2 is 1.53 bits per heavy atom. The Morgan fingerprint density at radius 1 is 0.969 bits per heavy atom. The maximum Gasteiger partial charge on any atom is 0.321 e. The molecule has 0 aromatic heterocycles. The molecule has 0 bridgehead atoms. The number of carbonyl (C=O) groups excluding carboxylic acids is 5. The maximum atomic E-state index is 11.8. The Labute approximate surface area is 183 Å². The fourth-order valence-corrected chi connectivity index (χ4v) is 3.09. The summed E-state index contributed by atoms with van der Waals surface area (Å²) < 4.78 is 21.2. The Hall–Kier alpha value is -3.26. The average molecular weight is 461 g/mol. The van der Waals surface area contributed by atoms with Crippen LogP contribution in [-0.2, 0) is 47.7 Å². The van der Waals surface area contributed by atoms with Gasteiger partial charge in [0.15, 0.2) is 12.2 Å². The highest BCUT2D eigenvalue weighted by atomic mass is 16.6. The van der Waals surface area contributed by atoms with Gasteiger partial charge in [0.2, 0.25) is 11.8 Å². The number of aliphatic carboxylic acids is 1. The smallest absolute Gasteiger partial charge is 0.321 e. The third kappa shape index (κ3) is 8.47. The van der Waals surface area contributed by atoms with E-state index in [1.54, 1.807) is 0 Å². The van der Waals surface area contributed by atoms with E-state index < -0.39 is 85.3 Å². The second kappa shape index (κ2) is 12.0. The van der Waals surface area contributed by atoms with Gasteiger partial charge < -0.3 is 35.1 Å². The highest BCUT2D eigenvalue weighted by molar-refractivity contribution is 5.83. The minimum atomic E-state index is -1.54. The number of nitrogens with one attached hydrogen (secondary N) is 2. The van der Waals surface area contributed by atoms with Gasteiger partial charge in [-0.05, 0) is 0 Å². The summed E-state index contributed by atoms with van der Waals surface area (Å²) in [5.74, 6) is -5.26. The van der Waals surface area contributed by atoms with E-state index in [1.807, 2.05) is 0 Å². The summed E-state index contributed by atoms with van der Waals surface area (Å²) in [7, 11) is 0. The number of carbonyl (C=O) groups is 6. The first-order valence-electron chi connectivity index (χ1n) is 9.49. The van der Waals surface area contributed by atoms with Gasteiger partial charge in [-0.25, -0.2) is 0 Å². The molecular formula is C18H27N3O11. The van der Waals surface area contributed by atoms with Gasteiger partial charge in [0.25, 0.3) is 0 Å². The lowest BCUT2D eigenvalue weighted by Crippen LogP contribution is -2.70. The number of hydrogen-bond donors (Lipinski definition) is 4. The van der Waals surface area contributed by atoms with E-state index in [-0.39, 0.29) is 0 Å². The van der Waals surface area contributed by atoms with Crippen molar-refractivity contribution in [1.29, 1.82) is 0 Å². The van der Waals surface area contributed by atoms with Crippen molar-refractivity contribution in [3.05, 3.63) is 0 Å². The molecule has 0 unspecified atom stereocenters. The molecule has 14 nitrogen and oxygen atoms in total. The molecule has 180 valence electrons. The van der Waals surface area contributed by atoms with Gasteiger partial charge >= 0.3 is 23.9 Å². The van der Waals surface area contributed by atoms with Crippen LogP contribution in [-0.4, -0.2) is 84.0 Å². The molecule has 1 aliphatic heterocycles. The van der Waals surface area contributed by atoms with Crippen LogP contribution in [0.25, 0.3) is 0 Å². The lowest BCUT2D eigenvalue weighted by atomic mass is 9.94. The first-order chi connectivity index (χ1) is 14.8. The van der Waals surface area contributed by atoms with Crippen LogP contribution in [0.1, 0.15) is 34.1 Å². The summed E-state index contributed by atoms with van der Waals surface area (Å²) in [6.45, 7) is 3.96. The standard InChI is InChI=1S/C18H27N3O11/c1-7(22)20-14-16(31-10(4)25)15(30-9(3)24)12(6-29-8(2)23)32-17(14)21-11(18(27)28)5-13(19)26/h11-12,14-17,21H,5-6H2,1-4H3,(H2,19,26)(H,20,22)(H,27,28)/t11-,12+,14+,15+,16+,17-/m0/s1. The molecule has 6 atom stereocenters. The predicted octanol–water partition coefficient (Wildman–Crippen LogP) is -2.44. The number of ether oxygens (including phenoxy) is 4. The van der Waals surface area contributed by atoms with Crippen molar-refractivity contribution in [1.82, 2.24) is 10.6 Å². The number of rotatable bonds is 10. The molecule has 2 amide bonds. The van der Waals surface area contributed by atoms with Crippen LogP contribution in [0.5, 0.6) is 0 Å². The zero-order chi connectivity index (χ0) is 24.6. The number of amides is 2. The lowest BCUT2D eigenvalue weighted by molar-refractivity contribution is -0.229. The van der Waals surface area contributed by atoms with Gasteiger partial charge in [-0.15, -0.1) is 0 Å². The number of carboxylic acid groups (broad SMARTS) is 1. The molecule has 1 fully saturated rings. The van der Waals surface area contributed by atoms with Crippen molar-refractivity contribution < 1.29 is 52.8 Å². The van der Waals surface area contributed by atoms with Crippen LogP contribution < -0.4 is 16.4 Å². The van der Waals surface area contributed by atoms with Crippen molar-refractivity contribution in [3.8, 4) is 0 Å². The van der Waals surface area contributed by atoms with Crippen LogP contribution in [0, 0.1) is 0 Å². The van der Waals surface area contributed by atoms with Crippen LogP contribution in [0.2, 0.25) is 0 Å². The molecule has 1 aliphatic rings. The fourth-order valence-electron chi connectivity index (χ4n) is 3.09. The molecule has 0 aromatic carbocycles. The number of hydrogen-bond acceptors (Lipinski definition) is 11. The van der Waals surface area contributed by atoms with Gasteiger partial charge in [-0.3, -0.25) is 34.1 Å². The van der Waals surface area contributed by atoms with E-state index in [0.29, 0.717) is 0 Å². The number of primary amides is 1. The van der Waals surface area contributed by atoms with Gasteiger partial charge in [0.1, 0.15) is 31.0 Å². The zero-order valence-electron chi connectivity index (χ0n) is 18.0. The van der Waals surface area contributed by atoms with E-state index in [1.165, 1.54) is 0 Å². The lowest BCUT2D eigenvalue weighted by Gasteiger charge is -2.46. The van der Waals surface area contributed by atoms with E-state index in [9.17, 15) is 33.9 Å². The van der Waals surface area contributed by atoms with Crippen molar-refractivity contribution in [2.75, 3.05) is 6.61 Å². The normalized spacial score (nSPS) is 25.7. The Balaban J connectivity index is 3.41. The first kappa shape index (κ1) is 26.8. The molecule has 0 spiro atoms. The third-order valence-corrected chi connectivity index (χ3v) is 4.19. The van der Waals surface area contributed by atoms with Gasteiger partial charge in [0.05, 0.1) is 6.42 Å². The Morgan fingerprint density at radius 3 is 1.97 bits per heavy atom. The van der Waals surface area contributed by atoms with Gasteiger partial charge in [0, 0.05) is 27.7 Å². The van der Waals surface area contributed by atoms with Gasteiger partial charge in [-0.1, -0.05) is 0 Å². The minimum absolute atomic E-state index is 0.455. The number of nitrogens with two attached hydrogens (primary N) is 1. The molecule has 0 saturated carbocycles. The van der Waals surface area contributed by atoms with Gasteiger partial charge in [-0.2, -0.15) is 0 Å². The summed E-state index contributed by atoms with van der Waals surface area (Å²) in [6, 6.07) is -2.80. The quantitative estimate of drug-likeness (QED) is 0.197. The van der Waals surface area contributed by atoms with Crippen molar-refractivity contribution in [2.24, 2.45) is 5.73 Å². The SMILES string of the molecule is CC(=O)N[C@@H]1[C@@H](OC(C)=O)[C@H](OC(C)=O)[C@@H](COC(C)=O)O[C@@H]1N[C@@H](CC(N)=O)C(=O)O.